The van der Waals surface area contributed by atoms with Crippen molar-refractivity contribution in [2.24, 2.45) is 0 Å². The number of alkyl halides is 6. The van der Waals surface area contributed by atoms with Crippen LogP contribution in [-0.2, 0) is 11.1 Å². The molecule has 0 saturated heterocycles. The van der Waals surface area contributed by atoms with Gasteiger partial charge >= 0.3 is 27.5 Å². The smallest absolute Gasteiger partial charge is 0.499 e. The van der Waals surface area contributed by atoms with E-state index in [0.29, 0.717) is 0 Å². The molecule has 3 nitrogen and oxygen atoms in total. The molecule has 0 unspecified atom stereocenters. The maximum atomic E-state index is 11.9. The lowest BCUT2D eigenvalue weighted by Crippen LogP contribution is -2.42. The summed E-state index contributed by atoms with van der Waals surface area (Å²) < 4.78 is 85.0. The van der Waals surface area contributed by atoms with Gasteiger partial charge in [0, 0.05) is 0 Å². The molecule has 11 heteroatoms. The largest absolute Gasteiger partial charge is 0.894 e. The van der Waals surface area contributed by atoms with Gasteiger partial charge < -0.3 is 11.1 Å². The van der Waals surface area contributed by atoms with E-state index in [4.69, 9.17) is 3.48 Å². The Labute approximate surface area is 107 Å². The molecular weight excluding hydrogens is 301 g/mol. The fourth-order valence-corrected chi connectivity index (χ4v) is 4.33. The van der Waals surface area contributed by atoms with Gasteiger partial charge in [0.25, 0.3) is 0 Å². The molecular formula is C7H13AlF6O3Si. The van der Waals surface area contributed by atoms with E-state index >= 15 is 0 Å². The molecule has 0 aliphatic carbocycles. The van der Waals surface area contributed by atoms with Gasteiger partial charge in [0.1, 0.15) is 13.2 Å². The first-order chi connectivity index (χ1) is 7.79. The lowest BCUT2D eigenvalue weighted by Gasteiger charge is -2.23. The van der Waals surface area contributed by atoms with Gasteiger partial charge in [-0.3, -0.25) is 0 Å². The molecule has 0 fully saturated rings. The molecule has 0 aromatic carbocycles. The Kier molecular flexibility index (Phi) is 6.66. The molecule has 0 aliphatic rings. The molecule has 0 bridgehead atoms. The minimum atomic E-state index is -4.63. The van der Waals surface area contributed by atoms with Gasteiger partial charge in [0.2, 0.25) is 0 Å². The second kappa shape index (κ2) is 6.58. The topological polar surface area (TPSA) is 27.7 Å². The van der Waals surface area contributed by atoms with Crippen LogP contribution in [0.5, 0.6) is 0 Å². The van der Waals surface area contributed by atoms with Crippen molar-refractivity contribution in [3.63, 3.8) is 0 Å². The Morgan fingerprint density at radius 1 is 0.833 bits per heavy atom. The average molecular weight is 314 g/mol. The minimum absolute atomic E-state index is 1.61. The Morgan fingerprint density at radius 3 is 1.39 bits per heavy atom. The summed E-state index contributed by atoms with van der Waals surface area (Å²) in [7, 11) is -2.34. The SMILES string of the molecule is C[Si](C)(C)[O][Al]([O]CC(F)(F)F)[O]CC(F)(F)F. The highest BCUT2D eigenvalue weighted by Gasteiger charge is 2.43. The molecule has 0 saturated carbocycles. The molecule has 0 rings (SSSR count). The Balaban J connectivity index is 4.35. The molecule has 0 heterocycles. The number of rotatable bonds is 6. The van der Waals surface area contributed by atoms with Crippen LogP contribution in [0.15, 0.2) is 0 Å². The predicted molar refractivity (Wildman–Crippen MR) is 54.2 cm³/mol. The van der Waals surface area contributed by atoms with Crippen molar-refractivity contribution < 1.29 is 37.4 Å². The van der Waals surface area contributed by atoms with Gasteiger partial charge in [0.15, 0.2) is 8.32 Å². The third kappa shape index (κ3) is 12.7. The molecule has 0 atom stereocenters. The number of hydrogen-bond donors (Lipinski definition) is 0. The summed E-state index contributed by atoms with van der Waals surface area (Å²) >= 11 is -3.44. The summed E-state index contributed by atoms with van der Waals surface area (Å²) in [5, 5.41) is 0. The lowest BCUT2D eigenvalue weighted by atomic mass is 10.7. The highest BCUT2D eigenvalue weighted by atomic mass is 28.4. The van der Waals surface area contributed by atoms with Crippen LogP contribution >= 0.6 is 0 Å². The van der Waals surface area contributed by atoms with Crippen molar-refractivity contribution in [1.82, 2.24) is 0 Å². The van der Waals surface area contributed by atoms with Crippen LogP contribution in [-0.4, -0.2) is 49.0 Å². The van der Waals surface area contributed by atoms with E-state index in [-0.39, 0.29) is 0 Å². The van der Waals surface area contributed by atoms with E-state index in [1.165, 1.54) is 0 Å². The molecule has 108 valence electrons. The molecule has 0 aliphatic heterocycles. The Hall–Kier alpha value is 0.209. The van der Waals surface area contributed by atoms with Gasteiger partial charge in [-0.25, -0.2) is 0 Å². The molecule has 0 amide bonds. The molecule has 18 heavy (non-hydrogen) atoms. The summed E-state index contributed by atoms with van der Waals surface area (Å²) in [4.78, 5) is 0. The van der Waals surface area contributed by atoms with Crippen LogP contribution in [0.2, 0.25) is 19.6 Å². The van der Waals surface area contributed by atoms with E-state index in [0.717, 1.165) is 0 Å². The van der Waals surface area contributed by atoms with Gasteiger partial charge in [0.05, 0.1) is 0 Å². The van der Waals surface area contributed by atoms with Crippen LogP contribution < -0.4 is 0 Å². The summed E-state index contributed by atoms with van der Waals surface area (Å²) in [6, 6.07) is 0. The van der Waals surface area contributed by atoms with Gasteiger partial charge in [-0.15, -0.1) is 0 Å². The maximum absolute atomic E-state index is 11.9. The van der Waals surface area contributed by atoms with Crippen LogP contribution in [0, 0.1) is 0 Å². The normalized spacial score (nSPS) is 13.8. The van der Waals surface area contributed by atoms with E-state index in [1.807, 2.05) is 0 Å². The Bertz CT molecular complexity index is 233. The molecule has 0 spiro atoms. The summed E-state index contributed by atoms with van der Waals surface area (Å²) in [5.74, 6) is 0. The van der Waals surface area contributed by atoms with Crippen LogP contribution in [0.1, 0.15) is 0 Å². The second-order valence-electron chi connectivity index (χ2n) is 4.37. The fourth-order valence-electron chi connectivity index (χ4n) is 0.730. The molecule has 0 aromatic rings. The van der Waals surface area contributed by atoms with Crippen molar-refractivity contribution in [2.75, 3.05) is 13.2 Å². The first-order valence-electron chi connectivity index (χ1n) is 4.83. The fraction of sp³-hybridized carbons (Fsp3) is 1.00. The van der Waals surface area contributed by atoms with E-state index in [2.05, 4.69) is 7.58 Å². The van der Waals surface area contributed by atoms with E-state index in [9.17, 15) is 26.3 Å². The minimum Gasteiger partial charge on any atom is -0.499 e. The molecule has 0 radical (unpaired) electrons. The third-order valence-corrected chi connectivity index (χ3v) is 5.69. The van der Waals surface area contributed by atoms with Crippen LogP contribution in [0.3, 0.4) is 0 Å². The number of halogens is 6. The first kappa shape index (κ1) is 18.2. The zero-order valence-electron chi connectivity index (χ0n) is 9.98. The number of hydrogen-bond acceptors (Lipinski definition) is 3. The summed E-state index contributed by atoms with van der Waals surface area (Å²) in [6.45, 7) is 1.49. The maximum Gasteiger partial charge on any atom is 0.894 e. The molecule has 0 N–H and O–H groups in total. The van der Waals surface area contributed by atoms with Gasteiger partial charge in [-0.1, -0.05) is 0 Å². The zero-order chi connectivity index (χ0) is 14.6. The van der Waals surface area contributed by atoms with Crippen LogP contribution in [0.25, 0.3) is 0 Å². The van der Waals surface area contributed by atoms with Crippen molar-refractivity contribution in [3.8, 4) is 0 Å². The zero-order valence-corrected chi connectivity index (χ0v) is 12.1. The van der Waals surface area contributed by atoms with E-state index in [1.54, 1.807) is 19.6 Å². The van der Waals surface area contributed by atoms with Gasteiger partial charge in [-0.05, 0) is 19.6 Å². The lowest BCUT2D eigenvalue weighted by molar-refractivity contribution is -0.173. The highest BCUT2D eigenvalue weighted by molar-refractivity contribution is 6.74. The average Bonchev–Trinajstić information content (AvgIpc) is 2.05. The summed E-state index contributed by atoms with van der Waals surface area (Å²) in [5.41, 5.74) is 0. The van der Waals surface area contributed by atoms with Crippen molar-refractivity contribution >= 4 is 23.5 Å². The molecule has 0 aromatic heterocycles. The van der Waals surface area contributed by atoms with Crippen molar-refractivity contribution in [2.45, 2.75) is 32.0 Å². The monoisotopic (exact) mass is 314 g/mol. The third-order valence-electron chi connectivity index (χ3n) is 1.22. The highest BCUT2D eigenvalue weighted by Crippen LogP contribution is 2.19. The second-order valence-corrected chi connectivity index (χ2v) is 10.8. The van der Waals surface area contributed by atoms with Crippen molar-refractivity contribution in [1.29, 1.82) is 0 Å². The first-order valence-corrected chi connectivity index (χ1v) is 9.65. The summed E-state index contributed by atoms with van der Waals surface area (Å²) in [6.07, 6.45) is -9.26. The van der Waals surface area contributed by atoms with Gasteiger partial charge in [-0.2, -0.15) is 26.3 Å². The quantitative estimate of drug-likeness (QED) is 0.557. The predicted octanol–water partition coefficient (Wildman–Crippen LogP) is 2.98. The van der Waals surface area contributed by atoms with E-state index < -0.39 is 49.0 Å². The van der Waals surface area contributed by atoms with Crippen molar-refractivity contribution in [3.05, 3.63) is 0 Å². The standard InChI is InChI=1S/C3H9OSi.2C2H2F3O.Al/c1-5(2,3)4;2*3-2(4,5)1-6;/h1-3H3;2*1H2;/q3*-1;+3. The Morgan fingerprint density at radius 2 is 1.17 bits per heavy atom. The van der Waals surface area contributed by atoms with Crippen LogP contribution in [0.4, 0.5) is 26.3 Å².